The second kappa shape index (κ2) is 5.05. The van der Waals surface area contributed by atoms with Crippen molar-refractivity contribution in [1.29, 1.82) is 21.0 Å². The van der Waals surface area contributed by atoms with Crippen LogP contribution in [-0.2, 0) is 0 Å². The lowest BCUT2D eigenvalue weighted by molar-refractivity contribution is 0.571. The summed E-state index contributed by atoms with van der Waals surface area (Å²) in [5.74, 6) is -6.69. The third-order valence-corrected chi connectivity index (χ3v) is 2.95. The predicted molar refractivity (Wildman–Crippen MR) is 62.6 cm³/mol. The van der Waals surface area contributed by atoms with E-state index in [1.165, 1.54) is 24.3 Å². The van der Waals surface area contributed by atoms with Crippen molar-refractivity contribution in [3.63, 3.8) is 0 Å². The fourth-order valence-corrected chi connectivity index (χ4v) is 1.99. The van der Waals surface area contributed by atoms with E-state index in [4.69, 9.17) is 21.0 Å². The summed E-state index contributed by atoms with van der Waals surface area (Å²) >= 11 is 0. The smallest absolute Gasteiger partial charge is 0.153 e. The molecule has 0 aliphatic heterocycles. The monoisotopic (exact) mass is 300 g/mol. The number of rotatable bonds is 0. The molecule has 22 heavy (non-hydrogen) atoms. The topological polar surface area (TPSA) is 95.2 Å². The van der Waals surface area contributed by atoms with E-state index in [9.17, 15) is 17.6 Å². The molecule has 4 nitrogen and oxygen atoms in total. The van der Waals surface area contributed by atoms with Gasteiger partial charge in [0.1, 0.15) is 46.5 Å². The van der Waals surface area contributed by atoms with E-state index >= 15 is 0 Å². The zero-order valence-electron chi connectivity index (χ0n) is 10.3. The van der Waals surface area contributed by atoms with E-state index in [1.54, 1.807) is 0 Å². The van der Waals surface area contributed by atoms with Crippen molar-refractivity contribution >= 4 is 10.8 Å². The minimum Gasteiger partial charge on any atom is -0.205 e. The van der Waals surface area contributed by atoms with E-state index < -0.39 is 56.3 Å². The highest BCUT2D eigenvalue weighted by molar-refractivity contribution is 5.91. The predicted octanol–water partition coefficient (Wildman–Crippen LogP) is 2.88. The number of hydrogen-bond donors (Lipinski definition) is 0. The maximum atomic E-state index is 14.2. The summed E-state index contributed by atoms with van der Waals surface area (Å²) in [6.45, 7) is 0. The molecule has 0 saturated carbocycles. The Morgan fingerprint density at radius 2 is 0.636 bits per heavy atom. The van der Waals surface area contributed by atoms with Gasteiger partial charge in [0.05, 0.1) is 10.8 Å². The summed E-state index contributed by atoms with van der Waals surface area (Å²) in [4.78, 5) is 0. The van der Waals surface area contributed by atoms with Gasteiger partial charge in [0.25, 0.3) is 0 Å². The standard InChI is InChI=1S/C14F4N4/c15-11-5(1-19)6(2-20)12(16)10-9(11)13(17)7(3-21)8(4-22)14(10)18. The summed E-state index contributed by atoms with van der Waals surface area (Å²) in [7, 11) is 0. The van der Waals surface area contributed by atoms with Gasteiger partial charge < -0.3 is 0 Å². The van der Waals surface area contributed by atoms with Crippen LogP contribution in [0.1, 0.15) is 22.3 Å². The fraction of sp³-hybridized carbons (Fsp3) is 0. The van der Waals surface area contributed by atoms with Gasteiger partial charge in [-0.3, -0.25) is 0 Å². The normalized spacial score (nSPS) is 9.64. The van der Waals surface area contributed by atoms with Gasteiger partial charge in [-0.2, -0.15) is 21.0 Å². The molecule has 0 bridgehead atoms. The molecule has 0 fully saturated rings. The Labute approximate surface area is 120 Å². The van der Waals surface area contributed by atoms with E-state index in [0.29, 0.717) is 0 Å². The molecule has 0 spiro atoms. The summed E-state index contributed by atoms with van der Waals surface area (Å²) < 4.78 is 56.6. The molecule has 0 N–H and O–H groups in total. The first-order chi connectivity index (χ1) is 10.4. The maximum Gasteiger partial charge on any atom is 0.153 e. The van der Waals surface area contributed by atoms with Crippen LogP contribution in [-0.4, -0.2) is 0 Å². The average molecular weight is 300 g/mol. The highest BCUT2D eigenvalue weighted by atomic mass is 19.1. The van der Waals surface area contributed by atoms with Crippen molar-refractivity contribution in [2.24, 2.45) is 0 Å². The summed E-state index contributed by atoms with van der Waals surface area (Å²) in [5.41, 5.74) is -4.45. The van der Waals surface area contributed by atoms with E-state index in [2.05, 4.69) is 0 Å². The number of nitriles is 4. The first kappa shape index (κ1) is 14.8. The highest BCUT2D eigenvalue weighted by Gasteiger charge is 2.29. The molecule has 2 rings (SSSR count). The van der Waals surface area contributed by atoms with Crippen LogP contribution in [0.2, 0.25) is 0 Å². The van der Waals surface area contributed by atoms with Gasteiger partial charge in [0.15, 0.2) is 23.3 Å². The first-order valence-corrected chi connectivity index (χ1v) is 5.40. The first-order valence-electron chi connectivity index (χ1n) is 5.40. The third kappa shape index (κ3) is 1.66. The molecule has 0 radical (unpaired) electrons. The summed E-state index contributed by atoms with van der Waals surface area (Å²) in [6.07, 6.45) is 0. The Morgan fingerprint density at radius 3 is 0.773 bits per heavy atom. The van der Waals surface area contributed by atoms with Crippen LogP contribution in [0.4, 0.5) is 17.6 Å². The molecule has 0 aliphatic rings. The van der Waals surface area contributed by atoms with Crippen LogP contribution < -0.4 is 0 Å². The van der Waals surface area contributed by atoms with Crippen molar-refractivity contribution < 1.29 is 17.6 Å². The molecular formula is C14F4N4. The lowest BCUT2D eigenvalue weighted by Crippen LogP contribution is -2.06. The van der Waals surface area contributed by atoms with Gasteiger partial charge >= 0.3 is 0 Å². The molecule has 8 heteroatoms. The molecular weight excluding hydrogens is 300 g/mol. The number of halogens is 4. The van der Waals surface area contributed by atoms with E-state index in [0.717, 1.165) is 0 Å². The average Bonchev–Trinajstić information content (AvgIpc) is 2.51. The van der Waals surface area contributed by atoms with Gasteiger partial charge in [-0.15, -0.1) is 0 Å². The zero-order chi connectivity index (χ0) is 16.6. The molecule has 0 amide bonds. The van der Waals surface area contributed by atoms with Crippen LogP contribution in [0.15, 0.2) is 0 Å². The Morgan fingerprint density at radius 1 is 0.455 bits per heavy atom. The van der Waals surface area contributed by atoms with Gasteiger partial charge in [0, 0.05) is 0 Å². The van der Waals surface area contributed by atoms with Gasteiger partial charge in [-0.05, 0) is 0 Å². The zero-order valence-corrected chi connectivity index (χ0v) is 10.3. The lowest BCUT2D eigenvalue weighted by atomic mass is 9.94. The van der Waals surface area contributed by atoms with Gasteiger partial charge in [-0.1, -0.05) is 0 Å². The molecule has 2 aromatic carbocycles. The van der Waals surface area contributed by atoms with E-state index in [1.807, 2.05) is 0 Å². The van der Waals surface area contributed by atoms with Crippen LogP contribution in [0, 0.1) is 68.6 Å². The second-order valence-corrected chi connectivity index (χ2v) is 3.95. The minimum atomic E-state index is -1.67. The quantitative estimate of drug-likeness (QED) is 0.699. The number of benzene rings is 2. The van der Waals surface area contributed by atoms with Crippen molar-refractivity contribution in [3.8, 4) is 24.3 Å². The maximum absolute atomic E-state index is 14.2. The van der Waals surface area contributed by atoms with Crippen LogP contribution in [0.3, 0.4) is 0 Å². The Balaban J connectivity index is 3.34. The van der Waals surface area contributed by atoms with Crippen LogP contribution in [0.25, 0.3) is 10.8 Å². The second-order valence-electron chi connectivity index (χ2n) is 3.95. The molecule has 0 saturated heterocycles. The number of fused-ring (bicyclic) bond motifs is 1. The van der Waals surface area contributed by atoms with Crippen molar-refractivity contribution in [2.45, 2.75) is 0 Å². The highest BCUT2D eigenvalue weighted by Crippen LogP contribution is 2.35. The minimum absolute atomic E-state index is 1.11. The van der Waals surface area contributed by atoms with Crippen LogP contribution in [0.5, 0.6) is 0 Å². The molecule has 2 aromatic rings. The molecule has 0 atom stereocenters. The molecule has 0 heterocycles. The Hall–Kier alpha value is -3.62. The Kier molecular flexibility index (Phi) is 3.39. The molecule has 0 unspecified atom stereocenters. The molecule has 0 aromatic heterocycles. The molecule has 104 valence electrons. The summed E-state index contributed by atoms with van der Waals surface area (Å²) in [6, 6.07) is 4.74. The van der Waals surface area contributed by atoms with Crippen molar-refractivity contribution in [2.75, 3.05) is 0 Å². The van der Waals surface area contributed by atoms with Gasteiger partial charge in [-0.25, -0.2) is 17.6 Å². The van der Waals surface area contributed by atoms with Crippen molar-refractivity contribution in [3.05, 3.63) is 45.5 Å². The molecule has 0 aliphatic carbocycles. The SMILES string of the molecule is N#Cc1c(C#N)c(F)c2c(F)c(C#N)c(C#N)c(F)c2c1F. The summed E-state index contributed by atoms with van der Waals surface area (Å²) in [5, 5.41) is 32.5. The Bertz CT molecular complexity index is 852. The number of nitrogens with zero attached hydrogens (tertiary/aromatic N) is 4. The fourth-order valence-electron chi connectivity index (χ4n) is 1.99. The van der Waals surface area contributed by atoms with Gasteiger partial charge in [0.2, 0.25) is 0 Å². The van der Waals surface area contributed by atoms with Crippen molar-refractivity contribution in [1.82, 2.24) is 0 Å². The van der Waals surface area contributed by atoms with E-state index in [-0.39, 0.29) is 0 Å². The lowest BCUT2D eigenvalue weighted by Gasteiger charge is -2.10. The van der Waals surface area contributed by atoms with Crippen LogP contribution >= 0.6 is 0 Å². The largest absolute Gasteiger partial charge is 0.205 e. The number of hydrogen-bond acceptors (Lipinski definition) is 4. The third-order valence-electron chi connectivity index (χ3n) is 2.95.